The number of hydrogen-bond acceptors (Lipinski definition) is 3. The minimum atomic E-state index is -0.367. The standard InChI is InChI=1S/C22H19IN2O2/c1-2-13-27-21-11-10-18(15-20(21)23)14-19(16-24)22(26)25-12-6-9-17-7-4-3-5-8-17/h1,3-5,7-8,10-11,14-15H,6,9,12-13H2,(H,25,26)/b19-14-. The average molecular weight is 470 g/mol. The van der Waals surface area contributed by atoms with E-state index in [2.05, 4.69) is 46.0 Å². The van der Waals surface area contributed by atoms with Gasteiger partial charge in [0.15, 0.2) is 0 Å². The summed E-state index contributed by atoms with van der Waals surface area (Å²) in [6.45, 7) is 0.711. The number of nitrogens with zero attached hydrogens (tertiary/aromatic N) is 1. The maximum atomic E-state index is 12.2. The molecule has 0 bridgehead atoms. The first-order valence-corrected chi connectivity index (χ1v) is 9.51. The fourth-order valence-corrected chi connectivity index (χ4v) is 3.09. The highest BCUT2D eigenvalue weighted by Gasteiger charge is 2.09. The first-order chi connectivity index (χ1) is 13.1. The molecular formula is C22H19IN2O2. The molecule has 0 saturated carbocycles. The predicted molar refractivity (Wildman–Crippen MR) is 115 cm³/mol. The van der Waals surface area contributed by atoms with Crippen LogP contribution >= 0.6 is 22.6 Å². The van der Waals surface area contributed by atoms with E-state index in [0.717, 1.165) is 22.0 Å². The van der Waals surface area contributed by atoms with Crippen LogP contribution in [0.2, 0.25) is 0 Å². The van der Waals surface area contributed by atoms with E-state index in [9.17, 15) is 10.1 Å². The summed E-state index contributed by atoms with van der Waals surface area (Å²) in [6.07, 6.45) is 8.45. The quantitative estimate of drug-likeness (QED) is 0.209. The van der Waals surface area contributed by atoms with Gasteiger partial charge in [0.05, 0.1) is 3.57 Å². The Labute approximate surface area is 173 Å². The highest BCUT2D eigenvalue weighted by molar-refractivity contribution is 14.1. The van der Waals surface area contributed by atoms with Gasteiger partial charge in [-0.15, -0.1) is 6.42 Å². The molecule has 0 atom stereocenters. The molecule has 4 nitrogen and oxygen atoms in total. The van der Waals surface area contributed by atoms with Gasteiger partial charge in [-0.3, -0.25) is 4.79 Å². The van der Waals surface area contributed by atoms with Crippen LogP contribution in [0.4, 0.5) is 0 Å². The highest BCUT2D eigenvalue weighted by Crippen LogP contribution is 2.23. The monoisotopic (exact) mass is 470 g/mol. The fraction of sp³-hybridized carbons (Fsp3) is 0.182. The SMILES string of the molecule is C#CCOc1ccc(/C=C(/C#N)C(=O)NCCCc2ccccc2)cc1I. The second kappa shape index (κ2) is 11.1. The molecular weight excluding hydrogens is 451 g/mol. The third-order valence-electron chi connectivity index (χ3n) is 3.71. The van der Waals surface area contributed by atoms with E-state index in [1.54, 1.807) is 18.2 Å². The third-order valence-corrected chi connectivity index (χ3v) is 4.56. The van der Waals surface area contributed by atoms with Gasteiger partial charge in [0.25, 0.3) is 5.91 Å². The van der Waals surface area contributed by atoms with Gasteiger partial charge in [-0.05, 0) is 64.8 Å². The second-order valence-corrected chi connectivity index (χ2v) is 6.86. The summed E-state index contributed by atoms with van der Waals surface area (Å²) in [6, 6.07) is 17.4. The number of aryl methyl sites for hydroxylation is 1. The molecule has 0 saturated heterocycles. The molecule has 0 fully saturated rings. The van der Waals surface area contributed by atoms with Gasteiger partial charge >= 0.3 is 0 Å². The molecule has 0 unspecified atom stereocenters. The molecule has 0 aromatic heterocycles. The number of halogens is 1. The van der Waals surface area contributed by atoms with Gasteiger partial charge < -0.3 is 10.1 Å². The molecule has 0 aliphatic carbocycles. The predicted octanol–water partition coefficient (Wildman–Crippen LogP) is 3.96. The van der Waals surface area contributed by atoms with Gasteiger partial charge in [-0.2, -0.15) is 5.26 Å². The number of rotatable bonds is 8. The van der Waals surface area contributed by atoms with E-state index in [4.69, 9.17) is 11.2 Å². The van der Waals surface area contributed by atoms with Crippen molar-refractivity contribution in [2.45, 2.75) is 12.8 Å². The molecule has 1 amide bonds. The number of carbonyl (C=O) groups is 1. The first kappa shape index (κ1) is 20.5. The summed E-state index contributed by atoms with van der Waals surface area (Å²) in [4.78, 5) is 12.2. The molecule has 0 aliphatic rings. The minimum Gasteiger partial charge on any atom is -0.480 e. The Balaban J connectivity index is 1.92. The zero-order valence-electron chi connectivity index (χ0n) is 14.7. The van der Waals surface area contributed by atoms with Crippen LogP contribution in [0.1, 0.15) is 17.5 Å². The van der Waals surface area contributed by atoms with E-state index in [0.29, 0.717) is 12.3 Å². The molecule has 0 aliphatic heterocycles. The maximum absolute atomic E-state index is 12.2. The van der Waals surface area contributed by atoms with Gasteiger partial charge in [0, 0.05) is 6.54 Å². The summed E-state index contributed by atoms with van der Waals surface area (Å²) in [7, 11) is 0. The molecule has 2 rings (SSSR count). The van der Waals surface area contributed by atoms with Gasteiger partial charge in [-0.25, -0.2) is 0 Å². The van der Waals surface area contributed by atoms with Crippen molar-refractivity contribution in [1.82, 2.24) is 5.32 Å². The van der Waals surface area contributed by atoms with Crippen molar-refractivity contribution in [2.24, 2.45) is 0 Å². The van der Waals surface area contributed by atoms with E-state index in [1.165, 1.54) is 5.56 Å². The van der Waals surface area contributed by atoms with Crippen molar-refractivity contribution in [1.29, 1.82) is 5.26 Å². The minimum absolute atomic E-state index is 0.0720. The number of terminal acetylenes is 1. The fourth-order valence-electron chi connectivity index (χ4n) is 2.39. The van der Waals surface area contributed by atoms with E-state index >= 15 is 0 Å². The molecule has 1 N–H and O–H groups in total. The zero-order valence-corrected chi connectivity index (χ0v) is 16.9. The molecule has 2 aromatic rings. The van der Waals surface area contributed by atoms with Crippen LogP contribution in [0.25, 0.3) is 6.08 Å². The van der Waals surface area contributed by atoms with Crippen molar-refractivity contribution in [3.05, 3.63) is 68.8 Å². The number of ether oxygens (including phenoxy) is 1. The molecule has 0 spiro atoms. The third kappa shape index (κ3) is 6.80. The van der Waals surface area contributed by atoms with Crippen LogP contribution < -0.4 is 10.1 Å². The topological polar surface area (TPSA) is 62.1 Å². The zero-order chi connectivity index (χ0) is 19.5. The maximum Gasteiger partial charge on any atom is 0.261 e. The van der Waals surface area contributed by atoms with Crippen LogP contribution in [0.3, 0.4) is 0 Å². The van der Waals surface area contributed by atoms with E-state index in [-0.39, 0.29) is 18.1 Å². The molecule has 136 valence electrons. The average Bonchev–Trinajstić information content (AvgIpc) is 2.69. The lowest BCUT2D eigenvalue weighted by Gasteiger charge is -2.07. The van der Waals surface area contributed by atoms with Gasteiger partial charge in [0.2, 0.25) is 0 Å². The van der Waals surface area contributed by atoms with Crippen LogP contribution in [0.5, 0.6) is 5.75 Å². The van der Waals surface area contributed by atoms with E-state index < -0.39 is 0 Å². The summed E-state index contributed by atoms with van der Waals surface area (Å²) in [5.74, 6) is 2.72. The Hall–Kier alpha value is -2.77. The van der Waals surface area contributed by atoms with Crippen molar-refractivity contribution in [3.63, 3.8) is 0 Å². The lowest BCUT2D eigenvalue weighted by molar-refractivity contribution is -0.117. The number of nitriles is 1. The van der Waals surface area contributed by atoms with Crippen LogP contribution in [-0.4, -0.2) is 19.1 Å². The lowest BCUT2D eigenvalue weighted by Crippen LogP contribution is -2.25. The largest absolute Gasteiger partial charge is 0.480 e. The number of amides is 1. The Morgan fingerprint density at radius 3 is 2.70 bits per heavy atom. The Bertz CT molecular complexity index is 893. The summed E-state index contributed by atoms with van der Waals surface area (Å²) in [5, 5.41) is 12.1. The van der Waals surface area contributed by atoms with Gasteiger partial charge in [-0.1, -0.05) is 42.3 Å². The summed E-state index contributed by atoms with van der Waals surface area (Å²) in [5.41, 5.74) is 2.05. The smallest absolute Gasteiger partial charge is 0.261 e. The summed E-state index contributed by atoms with van der Waals surface area (Å²) >= 11 is 2.13. The molecule has 2 aromatic carbocycles. The van der Waals surface area contributed by atoms with E-state index in [1.807, 2.05) is 30.3 Å². The Morgan fingerprint density at radius 1 is 1.26 bits per heavy atom. The molecule has 27 heavy (non-hydrogen) atoms. The molecule has 0 heterocycles. The lowest BCUT2D eigenvalue weighted by atomic mass is 10.1. The number of carbonyl (C=O) groups excluding carboxylic acids is 1. The molecule has 0 radical (unpaired) electrons. The van der Waals surface area contributed by atoms with Crippen LogP contribution in [0.15, 0.2) is 54.1 Å². The van der Waals surface area contributed by atoms with Crippen molar-refractivity contribution in [2.75, 3.05) is 13.2 Å². The Kier molecular flexibility index (Phi) is 8.41. The number of benzene rings is 2. The number of hydrogen-bond donors (Lipinski definition) is 1. The van der Waals surface area contributed by atoms with Gasteiger partial charge in [0.1, 0.15) is 24.0 Å². The number of nitrogens with one attached hydrogen (secondary N) is 1. The summed E-state index contributed by atoms with van der Waals surface area (Å²) < 4.78 is 6.27. The van der Waals surface area contributed by atoms with Crippen molar-refractivity contribution < 1.29 is 9.53 Å². The molecule has 5 heteroatoms. The normalized spacial score (nSPS) is 10.6. The van der Waals surface area contributed by atoms with Crippen molar-refractivity contribution >= 4 is 34.6 Å². The first-order valence-electron chi connectivity index (χ1n) is 8.43. The van der Waals surface area contributed by atoms with Crippen LogP contribution in [0, 0.1) is 27.2 Å². The second-order valence-electron chi connectivity index (χ2n) is 5.70. The highest BCUT2D eigenvalue weighted by atomic mass is 127. The Morgan fingerprint density at radius 2 is 2.04 bits per heavy atom. The van der Waals surface area contributed by atoms with Crippen LogP contribution in [-0.2, 0) is 11.2 Å². The van der Waals surface area contributed by atoms with Crippen molar-refractivity contribution in [3.8, 4) is 24.2 Å².